The van der Waals surface area contributed by atoms with Crippen molar-refractivity contribution in [2.75, 3.05) is 46.3 Å². The molecule has 0 bridgehead atoms. The zero-order chi connectivity index (χ0) is 12.6. The Labute approximate surface area is 110 Å². The first-order chi connectivity index (χ1) is 8.84. The third-order valence-electron chi connectivity index (χ3n) is 3.50. The monoisotopic (exact) mass is 248 g/mol. The molecule has 1 N–H and O–H groups in total. The zero-order valence-electron chi connectivity index (χ0n) is 11.3. The molecular weight excluding hydrogens is 224 g/mol. The second kappa shape index (κ2) is 7.46. The summed E-state index contributed by atoms with van der Waals surface area (Å²) in [5, 5.41) is 3.49. The van der Waals surface area contributed by atoms with Gasteiger partial charge in [0, 0.05) is 45.1 Å². The molecule has 100 valence electrons. The molecule has 1 aliphatic rings. The van der Waals surface area contributed by atoms with Crippen molar-refractivity contribution in [3.8, 4) is 0 Å². The van der Waals surface area contributed by atoms with Crippen LogP contribution in [0.1, 0.15) is 12.0 Å². The molecule has 2 heterocycles. The second-order valence-electron chi connectivity index (χ2n) is 5.03. The van der Waals surface area contributed by atoms with Gasteiger partial charge in [-0.2, -0.15) is 0 Å². The number of likely N-dealkylation sites (N-methyl/N-ethyl adjacent to an activating group) is 1. The molecule has 0 atom stereocenters. The van der Waals surface area contributed by atoms with Gasteiger partial charge in [-0.25, -0.2) is 0 Å². The van der Waals surface area contributed by atoms with Crippen LogP contribution in [-0.4, -0.2) is 61.1 Å². The molecule has 1 aliphatic heterocycles. The average molecular weight is 248 g/mol. The van der Waals surface area contributed by atoms with E-state index in [0.717, 1.165) is 13.1 Å². The lowest BCUT2D eigenvalue weighted by atomic mass is 10.2. The fourth-order valence-electron chi connectivity index (χ4n) is 2.23. The largest absolute Gasteiger partial charge is 0.313 e. The van der Waals surface area contributed by atoms with E-state index in [9.17, 15) is 0 Å². The van der Waals surface area contributed by atoms with Crippen LogP contribution in [0.3, 0.4) is 0 Å². The molecule has 1 saturated heterocycles. The minimum atomic E-state index is 0.950. The standard InChI is InChI=1S/C14H24N4/c1-17-9-11-18(12-10-17)8-2-5-16-13-14-3-6-15-7-4-14/h3-4,6-7,16H,2,5,8-13H2,1H3. The lowest BCUT2D eigenvalue weighted by molar-refractivity contribution is 0.153. The van der Waals surface area contributed by atoms with Crippen molar-refractivity contribution in [3.05, 3.63) is 30.1 Å². The molecule has 0 saturated carbocycles. The summed E-state index contributed by atoms with van der Waals surface area (Å²) in [5.41, 5.74) is 1.31. The third-order valence-corrected chi connectivity index (χ3v) is 3.50. The summed E-state index contributed by atoms with van der Waals surface area (Å²) in [5.74, 6) is 0. The van der Waals surface area contributed by atoms with Gasteiger partial charge in [-0.15, -0.1) is 0 Å². The molecule has 0 radical (unpaired) electrons. The number of aromatic nitrogens is 1. The highest BCUT2D eigenvalue weighted by Crippen LogP contribution is 2.00. The van der Waals surface area contributed by atoms with Gasteiger partial charge in [-0.1, -0.05) is 0 Å². The van der Waals surface area contributed by atoms with E-state index in [1.54, 1.807) is 0 Å². The minimum Gasteiger partial charge on any atom is -0.313 e. The van der Waals surface area contributed by atoms with E-state index in [4.69, 9.17) is 0 Å². The van der Waals surface area contributed by atoms with Crippen LogP contribution in [0.5, 0.6) is 0 Å². The first-order valence-electron chi connectivity index (χ1n) is 6.85. The molecule has 4 nitrogen and oxygen atoms in total. The number of hydrogen-bond donors (Lipinski definition) is 1. The molecule has 0 unspecified atom stereocenters. The Hall–Kier alpha value is -0.970. The van der Waals surface area contributed by atoms with Crippen molar-refractivity contribution in [3.63, 3.8) is 0 Å². The molecule has 4 heteroatoms. The van der Waals surface area contributed by atoms with Crippen molar-refractivity contribution in [2.24, 2.45) is 0 Å². The van der Waals surface area contributed by atoms with Crippen molar-refractivity contribution < 1.29 is 0 Å². The summed E-state index contributed by atoms with van der Waals surface area (Å²) in [7, 11) is 2.20. The van der Waals surface area contributed by atoms with Crippen LogP contribution >= 0.6 is 0 Å². The summed E-state index contributed by atoms with van der Waals surface area (Å²) in [4.78, 5) is 8.98. The van der Waals surface area contributed by atoms with Crippen LogP contribution in [0.15, 0.2) is 24.5 Å². The third kappa shape index (κ3) is 4.72. The van der Waals surface area contributed by atoms with E-state index in [1.165, 1.54) is 44.7 Å². The maximum Gasteiger partial charge on any atom is 0.0271 e. The van der Waals surface area contributed by atoms with Crippen molar-refractivity contribution in [1.82, 2.24) is 20.1 Å². The van der Waals surface area contributed by atoms with Crippen molar-refractivity contribution in [1.29, 1.82) is 0 Å². The molecule has 1 aromatic rings. The van der Waals surface area contributed by atoms with Gasteiger partial charge >= 0.3 is 0 Å². The van der Waals surface area contributed by atoms with E-state index in [0.29, 0.717) is 0 Å². The van der Waals surface area contributed by atoms with E-state index in [2.05, 4.69) is 39.3 Å². The predicted molar refractivity (Wildman–Crippen MR) is 74.5 cm³/mol. The summed E-state index contributed by atoms with van der Waals surface area (Å²) in [6.07, 6.45) is 4.93. The fourth-order valence-corrected chi connectivity index (χ4v) is 2.23. The van der Waals surface area contributed by atoms with E-state index in [-0.39, 0.29) is 0 Å². The number of piperazine rings is 1. The van der Waals surface area contributed by atoms with Crippen molar-refractivity contribution in [2.45, 2.75) is 13.0 Å². The van der Waals surface area contributed by atoms with Crippen LogP contribution in [0.2, 0.25) is 0 Å². The van der Waals surface area contributed by atoms with Crippen LogP contribution in [0.25, 0.3) is 0 Å². The van der Waals surface area contributed by atoms with Gasteiger partial charge in [0.15, 0.2) is 0 Å². The van der Waals surface area contributed by atoms with Gasteiger partial charge in [-0.3, -0.25) is 4.98 Å². The molecule has 0 aromatic carbocycles. The molecule has 0 amide bonds. The lowest BCUT2D eigenvalue weighted by Crippen LogP contribution is -2.45. The van der Waals surface area contributed by atoms with Crippen LogP contribution in [-0.2, 0) is 6.54 Å². The zero-order valence-corrected chi connectivity index (χ0v) is 11.3. The number of nitrogens with one attached hydrogen (secondary N) is 1. The molecule has 2 rings (SSSR count). The second-order valence-corrected chi connectivity index (χ2v) is 5.03. The molecule has 0 spiro atoms. The lowest BCUT2D eigenvalue weighted by Gasteiger charge is -2.32. The minimum absolute atomic E-state index is 0.950. The SMILES string of the molecule is CN1CCN(CCCNCc2ccncc2)CC1. The highest BCUT2D eigenvalue weighted by atomic mass is 15.2. The van der Waals surface area contributed by atoms with E-state index in [1.807, 2.05) is 12.4 Å². The Morgan fingerprint density at radius 3 is 2.61 bits per heavy atom. The molecule has 0 aliphatic carbocycles. The topological polar surface area (TPSA) is 31.4 Å². The first-order valence-corrected chi connectivity index (χ1v) is 6.85. The Kier molecular flexibility index (Phi) is 5.58. The highest BCUT2D eigenvalue weighted by molar-refractivity contribution is 5.08. The van der Waals surface area contributed by atoms with Gasteiger partial charge in [0.2, 0.25) is 0 Å². The van der Waals surface area contributed by atoms with Crippen LogP contribution in [0, 0.1) is 0 Å². The first kappa shape index (κ1) is 13.5. The molecule has 1 fully saturated rings. The van der Waals surface area contributed by atoms with Gasteiger partial charge in [0.1, 0.15) is 0 Å². The Morgan fingerprint density at radius 1 is 1.17 bits per heavy atom. The number of rotatable bonds is 6. The summed E-state index contributed by atoms with van der Waals surface area (Å²) in [6, 6.07) is 4.13. The maximum absolute atomic E-state index is 4.02. The van der Waals surface area contributed by atoms with Gasteiger partial charge in [0.25, 0.3) is 0 Å². The average Bonchev–Trinajstić information content (AvgIpc) is 2.42. The summed E-state index contributed by atoms with van der Waals surface area (Å²) in [6.45, 7) is 8.13. The normalized spacial score (nSPS) is 18.1. The van der Waals surface area contributed by atoms with Gasteiger partial charge in [-0.05, 0) is 44.3 Å². The fraction of sp³-hybridized carbons (Fsp3) is 0.643. The quantitative estimate of drug-likeness (QED) is 0.755. The van der Waals surface area contributed by atoms with E-state index < -0.39 is 0 Å². The smallest absolute Gasteiger partial charge is 0.0271 e. The van der Waals surface area contributed by atoms with Gasteiger partial charge in [0.05, 0.1) is 0 Å². The highest BCUT2D eigenvalue weighted by Gasteiger charge is 2.12. The maximum atomic E-state index is 4.02. The Morgan fingerprint density at radius 2 is 1.89 bits per heavy atom. The summed E-state index contributed by atoms with van der Waals surface area (Å²) < 4.78 is 0. The van der Waals surface area contributed by atoms with Gasteiger partial charge < -0.3 is 15.1 Å². The number of pyridine rings is 1. The van der Waals surface area contributed by atoms with Crippen LogP contribution < -0.4 is 5.32 Å². The Bertz CT molecular complexity index is 320. The van der Waals surface area contributed by atoms with E-state index >= 15 is 0 Å². The molecule has 1 aromatic heterocycles. The number of hydrogen-bond acceptors (Lipinski definition) is 4. The molecular formula is C14H24N4. The summed E-state index contributed by atoms with van der Waals surface area (Å²) >= 11 is 0. The predicted octanol–water partition coefficient (Wildman–Crippen LogP) is 0.809. The molecule has 18 heavy (non-hydrogen) atoms. The van der Waals surface area contributed by atoms with Crippen LogP contribution in [0.4, 0.5) is 0 Å². The number of nitrogens with zero attached hydrogens (tertiary/aromatic N) is 3. The Balaban J connectivity index is 1.51. The van der Waals surface area contributed by atoms with Crippen molar-refractivity contribution >= 4 is 0 Å².